The Balaban J connectivity index is 5.27. The number of primary amides is 1. The maximum atomic E-state index is 12.4. The average molecular weight is 317 g/mol. The predicted molar refractivity (Wildman–Crippen MR) is 79.5 cm³/mol. The van der Waals surface area contributed by atoms with E-state index in [2.05, 4.69) is 5.32 Å². The highest BCUT2D eigenvalue weighted by atomic mass is 16.5. The van der Waals surface area contributed by atoms with E-state index in [1.165, 1.54) is 5.48 Å². The van der Waals surface area contributed by atoms with Gasteiger partial charge in [0.25, 0.3) is 5.91 Å². The third-order valence-electron chi connectivity index (χ3n) is 3.26. The summed E-state index contributed by atoms with van der Waals surface area (Å²) >= 11 is 0. The Labute approximate surface area is 130 Å². The molecule has 0 spiro atoms. The third-order valence-corrected chi connectivity index (χ3v) is 3.26. The van der Waals surface area contributed by atoms with Gasteiger partial charge in [-0.2, -0.15) is 0 Å². The van der Waals surface area contributed by atoms with E-state index in [1.807, 2.05) is 13.8 Å². The van der Waals surface area contributed by atoms with Gasteiger partial charge in [0.2, 0.25) is 11.8 Å². The van der Waals surface area contributed by atoms with E-state index in [9.17, 15) is 19.5 Å². The SMILES string of the molecule is CC(C)C[C@H](C(=O)N[C@H](C(N)=O)C(C)(C)C)[C@@H](O)C(=O)NO. The summed E-state index contributed by atoms with van der Waals surface area (Å²) in [6.07, 6.45) is -1.52. The number of aliphatic hydroxyl groups excluding tert-OH is 1. The lowest BCUT2D eigenvalue weighted by Crippen LogP contribution is -2.55. The van der Waals surface area contributed by atoms with Crippen molar-refractivity contribution in [2.75, 3.05) is 0 Å². The molecule has 6 N–H and O–H groups in total. The molecular weight excluding hydrogens is 290 g/mol. The van der Waals surface area contributed by atoms with Gasteiger partial charge in [-0.05, 0) is 17.8 Å². The molecule has 0 saturated heterocycles. The van der Waals surface area contributed by atoms with Crippen molar-refractivity contribution in [2.24, 2.45) is 23.0 Å². The molecule has 0 heterocycles. The summed E-state index contributed by atoms with van der Waals surface area (Å²) in [5.41, 5.74) is 6.00. The number of amides is 3. The summed E-state index contributed by atoms with van der Waals surface area (Å²) < 4.78 is 0. The van der Waals surface area contributed by atoms with E-state index in [-0.39, 0.29) is 12.3 Å². The molecule has 0 aromatic carbocycles. The van der Waals surface area contributed by atoms with Crippen molar-refractivity contribution in [1.82, 2.24) is 10.8 Å². The Hall–Kier alpha value is -1.67. The van der Waals surface area contributed by atoms with Crippen LogP contribution in [0.4, 0.5) is 0 Å². The van der Waals surface area contributed by atoms with Crippen molar-refractivity contribution in [3.63, 3.8) is 0 Å². The highest BCUT2D eigenvalue weighted by Crippen LogP contribution is 2.22. The van der Waals surface area contributed by atoms with Gasteiger partial charge in [-0.1, -0.05) is 34.6 Å². The fourth-order valence-electron chi connectivity index (χ4n) is 2.10. The molecule has 0 fully saturated rings. The van der Waals surface area contributed by atoms with Gasteiger partial charge >= 0.3 is 0 Å². The van der Waals surface area contributed by atoms with Crippen LogP contribution in [0.3, 0.4) is 0 Å². The molecule has 0 unspecified atom stereocenters. The third kappa shape index (κ3) is 5.98. The number of aliphatic hydroxyl groups is 1. The quantitative estimate of drug-likeness (QED) is 0.319. The normalized spacial score (nSPS) is 15.8. The van der Waals surface area contributed by atoms with Crippen LogP contribution in [0.25, 0.3) is 0 Å². The molecule has 0 radical (unpaired) electrons. The summed E-state index contributed by atoms with van der Waals surface area (Å²) in [6.45, 7) is 8.84. The average Bonchev–Trinajstić information content (AvgIpc) is 2.38. The molecule has 3 amide bonds. The molecule has 0 aliphatic carbocycles. The number of rotatable bonds is 7. The second-order valence-corrected chi connectivity index (χ2v) is 6.87. The molecule has 0 saturated carbocycles. The summed E-state index contributed by atoms with van der Waals surface area (Å²) in [5, 5.41) is 21.0. The monoisotopic (exact) mass is 317 g/mol. The van der Waals surface area contributed by atoms with Crippen LogP contribution in [0.1, 0.15) is 41.0 Å². The second-order valence-electron chi connectivity index (χ2n) is 6.87. The number of nitrogens with two attached hydrogens (primary N) is 1. The fraction of sp³-hybridized carbons (Fsp3) is 0.786. The Morgan fingerprint density at radius 2 is 1.64 bits per heavy atom. The number of hydrogen-bond acceptors (Lipinski definition) is 5. The maximum absolute atomic E-state index is 12.4. The molecular formula is C14H27N3O5. The van der Waals surface area contributed by atoms with E-state index >= 15 is 0 Å². The molecule has 128 valence electrons. The van der Waals surface area contributed by atoms with Crippen LogP contribution in [0.5, 0.6) is 0 Å². The number of hydrogen-bond donors (Lipinski definition) is 5. The van der Waals surface area contributed by atoms with Crippen molar-refractivity contribution in [3.05, 3.63) is 0 Å². The van der Waals surface area contributed by atoms with Gasteiger partial charge < -0.3 is 16.2 Å². The van der Waals surface area contributed by atoms with Crippen molar-refractivity contribution in [3.8, 4) is 0 Å². The van der Waals surface area contributed by atoms with Crippen LogP contribution in [-0.2, 0) is 14.4 Å². The summed E-state index contributed by atoms with van der Waals surface area (Å²) in [5.74, 6) is -3.53. The van der Waals surface area contributed by atoms with Gasteiger partial charge in [0.1, 0.15) is 12.1 Å². The molecule has 0 aliphatic rings. The lowest BCUT2D eigenvalue weighted by molar-refractivity contribution is -0.147. The molecule has 0 aromatic rings. The zero-order valence-electron chi connectivity index (χ0n) is 13.7. The van der Waals surface area contributed by atoms with E-state index in [0.717, 1.165) is 0 Å². The van der Waals surface area contributed by atoms with Crippen LogP contribution >= 0.6 is 0 Å². The molecule has 0 rings (SSSR count). The lowest BCUT2D eigenvalue weighted by atomic mass is 9.84. The molecule has 8 nitrogen and oxygen atoms in total. The lowest BCUT2D eigenvalue weighted by Gasteiger charge is -2.31. The van der Waals surface area contributed by atoms with Crippen LogP contribution in [0.15, 0.2) is 0 Å². The largest absolute Gasteiger partial charge is 0.382 e. The summed E-state index contributed by atoms with van der Waals surface area (Å²) in [7, 11) is 0. The minimum Gasteiger partial charge on any atom is -0.382 e. The molecule has 0 aliphatic heterocycles. The van der Waals surface area contributed by atoms with Crippen molar-refractivity contribution >= 4 is 17.7 Å². The van der Waals surface area contributed by atoms with Crippen molar-refractivity contribution < 1.29 is 24.7 Å². The van der Waals surface area contributed by atoms with Gasteiger partial charge in [-0.3, -0.25) is 19.6 Å². The Kier molecular flexibility index (Phi) is 7.48. The zero-order chi connectivity index (χ0) is 17.7. The molecule has 0 bridgehead atoms. The summed E-state index contributed by atoms with van der Waals surface area (Å²) in [6, 6.07) is -0.945. The first-order valence-corrected chi connectivity index (χ1v) is 7.13. The first-order valence-electron chi connectivity index (χ1n) is 7.13. The molecule has 3 atom stereocenters. The van der Waals surface area contributed by atoms with Gasteiger partial charge in [-0.15, -0.1) is 0 Å². The van der Waals surface area contributed by atoms with Gasteiger partial charge in [0.05, 0.1) is 5.92 Å². The maximum Gasteiger partial charge on any atom is 0.272 e. The van der Waals surface area contributed by atoms with Crippen LogP contribution in [0, 0.1) is 17.3 Å². The first-order chi connectivity index (χ1) is 9.91. The molecule has 22 heavy (non-hydrogen) atoms. The van der Waals surface area contributed by atoms with E-state index in [4.69, 9.17) is 10.9 Å². The van der Waals surface area contributed by atoms with E-state index < -0.39 is 41.2 Å². The van der Waals surface area contributed by atoms with Crippen LogP contribution in [0.2, 0.25) is 0 Å². The molecule has 0 aromatic heterocycles. The first kappa shape index (κ1) is 20.3. The second kappa shape index (κ2) is 8.09. The highest BCUT2D eigenvalue weighted by Gasteiger charge is 2.37. The number of carbonyl (C=O) groups excluding carboxylic acids is 3. The predicted octanol–water partition coefficient (Wildman–Crippen LogP) is -0.469. The number of nitrogens with one attached hydrogen (secondary N) is 2. The van der Waals surface area contributed by atoms with Crippen molar-refractivity contribution in [2.45, 2.75) is 53.2 Å². The van der Waals surface area contributed by atoms with Gasteiger partial charge in [0, 0.05) is 0 Å². The zero-order valence-corrected chi connectivity index (χ0v) is 13.7. The summed E-state index contributed by atoms with van der Waals surface area (Å²) in [4.78, 5) is 35.2. The van der Waals surface area contributed by atoms with E-state index in [0.29, 0.717) is 0 Å². The minimum atomic E-state index is -1.72. The molecule has 8 heteroatoms. The van der Waals surface area contributed by atoms with Crippen LogP contribution in [-0.4, -0.2) is 40.2 Å². The Morgan fingerprint density at radius 1 is 1.14 bits per heavy atom. The fourth-order valence-corrected chi connectivity index (χ4v) is 2.10. The van der Waals surface area contributed by atoms with Gasteiger partial charge in [0.15, 0.2) is 0 Å². The number of carbonyl (C=O) groups is 3. The highest BCUT2D eigenvalue weighted by molar-refractivity contribution is 5.92. The minimum absolute atomic E-state index is 0.0126. The van der Waals surface area contributed by atoms with Crippen LogP contribution < -0.4 is 16.5 Å². The van der Waals surface area contributed by atoms with Crippen molar-refractivity contribution in [1.29, 1.82) is 0 Å². The number of hydroxylamine groups is 1. The smallest absolute Gasteiger partial charge is 0.272 e. The van der Waals surface area contributed by atoms with E-state index in [1.54, 1.807) is 20.8 Å². The Morgan fingerprint density at radius 3 is 1.95 bits per heavy atom. The Bertz CT molecular complexity index is 417. The standard InChI is InChI=1S/C14H27N3O5/c1-7(2)6-8(9(18)13(21)17-22)12(20)16-10(11(15)19)14(3,4)5/h7-10,18,22H,6H2,1-5H3,(H2,15,19)(H,16,20)(H,17,21)/t8-,9+,10+/m0/s1. The topological polar surface area (TPSA) is 142 Å². The van der Waals surface area contributed by atoms with Gasteiger partial charge in [-0.25, -0.2) is 5.48 Å².